The summed E-state index contributed by atoms with van der Waals surface area (Å²) in [4.78, 5) is 20.5. The fourth-order valence-electron chi connectivity index (χ4n) is 1.94. The van der Waals surface area contributed by atoms with Crippen LogP contribution >= 0.6 is 0 Å². The molecular formula is C17H20N4O2. The van der Waals surface area contributed by atoms with Gasteiger partial charge in [0.1, 0.15) is 11.4 Å². The Kier molecular flexibility index (Phi) is 5.68. The number of carbonyl (C=O) groups excluding carboxylic acids is 1. The average molecular weight is 312 g/mol. The van der Waals surface area contributed by atoms with Crippen LogP contribution in [-0.4, -0.2) is 29.5 Å². The van der Waals surface area contributed by atoms with Crippen molar-refractivity contribution in [2.75, 3.05) is 19.0 Å². The molecule has 0 bridgehead atoms. The average Bonchev–Trinajstić information content (AvgIpc) is 2.57. The first-order valence-corrected chi connectivity index (χ1v) is 7.24. The van der Waals surface area contributed by atoms with Crippen molar-refractivity contribution in [3.63, 3.8) is 0 Å². The van der Waals surface area contributed by atoms with E-state index in [2.05, 4.69) is 27.2 Å². The Morgan fingerprint density at radius 1 is 1.30 bits per heavy atom. The predicted octanol–water partition coefficient (Wildman–Crippen LogP) is 2.32. The summed E-state index contributed by atoms with van der Waals surface area (Å²) in [6.07, 6.45) is 1.62. The van der Waals surface area contributed by atoms with Gasteiger partial charge in [-0.2, -0.15) is 0 Å². The minimum absolute atomic E-state index is 0.247. The van der Waals surface area contributed by atoms with Crippen LogP contribution in [0, 0.1) is 6.92 Å². The minimum atomic E-state index is -0.247. The van der Waals surface area contributed by atoms with Gasteiger partial charge in [0.25, 0.3) is 5.91 Å². The lowest BCUT2D eigenvalue weighted by molar-refractivity contribution is 0.0953. The van der Waals surface area contributed by atoms with Crippen molar-refractivity contribution < 1.29 is 9.53 Å². The second kappa shape index (κ2) is 7.93. The highest BCUT2D eigenvalue weighted by atomic mass is 16.5. The number of aromatic nitrogens is 2. The van der Waals surface area contributed by atoms with Gasteiger partial charge in [-0.25, -0.2) is 9.97 Å². The van der Waals surface area contributed by atoms with Crippen LogP contribution in [0.15, 0.2) is 43.0 Å². The van der Waals surface area contributed by atoms with E-state index >= 15 is 0 Å². The summed E-state index contributed by atoms with van der Waals surface area (Å²) in [7, 11) is 1.63. The maximum Gasteiger partial charge on any atom is 0.270 e. The Labute approximate surface area is 135 Å². The molecule has 0 unspecified atom stereocenters. The summed E-state index contributed by atoms with van der Waals surface area (Å²) in [6.45, 7) is 6.35. The van der Waals surface area contributed by atoms with Crippen LogP contribution in [0.25, 0.3) is 0 Å². The largest absolute Gasteiger partial charge is 0.497 e. The molecule has 0 fully saturated rings. The Hall–Kier alpha value is -2.89. The maximum absolute atomic E-state index is 12.0. The molecule has 2 N–H and O–H groups in total. The van der Waals surface area contributed by atoms with Gasteiger partial charge in [0, 0.05) is 18.8 Å². The first-order valence-electron chi connectivity index (χ1n) is 7.24. The molecule has 1 aromatic carbocycles. The molecule has 0 aliphatic rings. The van der Waals surface area contributed by atoms with E-state index in [-0.39, 0.29) is 5.91 Å². The maximum atomic E-state index is 12.0. The van der Waals surface area contributed by atoms with Gasteiger partial charge in [0.2, 0.25) is 5.95 Å². The van der Waals surface area contributed by atoms with Crippen LogP contribution in [0.2, 0.25) is 0 Å². The van der Waals surface area contributed by atoms with Gasteiger partial charge in [-0.3, -0.25) is 4.79 Å². The van der Waals surface area contributed by atoms with Crippen LogP contribution in [0.3, 0.4) is 0 Å². The Morgan fingerprint density at radius 2 is 2.04 bits per heavy atom. The lowest BCUT2D eigenvalue weighted by atomic mass is 10.2. The summed E-state index contributed by atoms with van der Waals surface area (Å²) < 4.78 is 5.13. The number of hydrogen-bond donors (Lipinski definition) is 2. The number of benzene rings is 1. The van der Waals surface area contributed by atoms with E-state index in [0.717, 1.165) is 17.0 Å². The Balaban J connectivity index is 2.05. The normalized spacial score (nSPS) is 10.0. The first kappa shape index (κ1) is 16.5. The van der Waals surface area contributed by atoms with Gasteiger partial charge in [-0.15, -0.1) is 6.58 Å². The zero-order valence-electron chi connectivity index (χ0n) is 13.3. The fraction of sp³-hybridized carbons (Fsp3) is 0.235. The van der Waals surface area contributed by atoms with Crippen LogP contribution in [0.4, 0.5) is 5.95 Å². The van der Waals surface area contributed by atoms with Crippen molar-refractivity contribution in [2.24, 2.45) is 0 Å². The fourth-order valence-corrected chi connectivity index (χ4v) is 1.94. The molecule has 6 nitrogen and oxygen atoms in total. The zero-order valence-corrected chi connectivity index (χ0v) is 13.3. The van der Waals surface area contributed by atoms with E-state index in [0.29, 0.717) is 24.7 Å². The van der Waals surface area contributed by atoms with E-state index in [1.165, 1.54) is 0 Å². The molecule has 1 aromatic heterocycles. The monoisotopic (exact) mass is 312 g/mol. The van der Waals surface area contributed by atoms with Crippen LogP contribution in [-0.2, 0) is 6.54 Å². The van der Waals surface area contributed by atoms with Crippen molar-refractivity contribution >= 4 is 11.9 Å². The lowest BCUT2D eigenvalue weighted by Crippen LogP contribution is -2.25. The number of hydrogen-bond acceptors (Lipinski definition) is 5. The van der Waals surface area contributed by atoms with Gasteiger partial charge in [-0.1, -0.05) is 18.2 Å². The molecule has 1 heterocycles. The molecule has 120 valence electrons. The SMILES string of the molecule is C=CCNC(=O)c1cc(C)nc(NCc2ccc(OC)cc2)n1. The number of carbonyl (C=O) groups is 1. The van der Waals surface area contributed by atoms with E-state index in [4.69, 9.17) is 4.74 Å². The summed E-state index contributed by atoms with van der Waals surface area (Å²) >= 11 is 0. The zero-order chi connectivity index (χ0) is 16.7. The molecule has 2 aromatic rings. The van der Waals surface area contributed by atoms with Gasteiger partial charge < -0.3 is 15.4 Å². The first-order chi connectivity index (χ1) is 11.1. The third-order valence-corrected chi connectivity index (χ3v) is 3.10. The molecule has 6 heteroatoms. The standard InChI is InChI=1S/C17H20N4O2/c1-4-9-18-16(22)15-10-12(2)20-17(21-15)19-11-13-5-7-14(23-3)8-6-13/h4-8,10H,1,9,11H2,2-3H3,(H,18,22)(H,19,20,21). The summed E-state index contributed by atoms with van der Waals surface area (Å²) in [5.74, 6) is 0.981. The summed E-state index contributed by atoms with van der Waals surface area (Å²) in [6, 6.07) is 9.35. The summed E-state index contributed by atoms with van der Waals surface area (Å²) in [5, 5.41) is 5.83. The van der Waals surface area contributed by atoms with E-state index in [1.807, 2.05) is 31.2 Å². The number of methoxy groups -OCH3 is 1. The van der Waals surface area contributed by atoms with Crippen molar-refractivity contribution in [3.8, 4) is 5.75 Å². The number of aryl methyl sites for hydroxylation is 1. The number of nitrogens with one attached hydrogen (secondary N) is 2. The number of rotatable bonds is 7. The molecule has 0 saturated carbocycles. The third kappa shape index (κ3) is 4.81. The quantitative estimate of drug-likeness (QED) is 0.767. The van der Waals surface area contributed by atoms with Crippen molar-refractivity contribution in [2.45, 2.75) is 13.5 Å². The second-order valence-corrected chi connectivity index (χ2v) is 4.92. The molecule has 0 radical (unpaired) electrons. The molecule has 2 rings (SSSR count). The Bertz CT molecular complexity index is 683. The van der Waals surface area contributed by atoms with Gasteiger partial charge in [-0.05, 0) is 30.7 Å². The molecule has 1 amide bonds. The van der Waals surface area contributed by atoms with E-state index in [9.17, 15) is 4.79 Å². The number of amides is 1. The molecule has 23 heavy (non-hydrogen) atoms. The minimum Gasteiger partial charge on any atom is -0.497 e. The lowest BCUT2D eigenvalue weighted by Gasteiger charge is -2.09. The molecule has 0 aliphatic carbocycles. The highest BCUT2D eigenvalue weighted by Crippen LogP contribution is 2.12. The second-order valence-electron chi connectivity index (χ2n) is 4.92. The topological polar surface area (TPSA) is 76.1 Å². The highest BCUT2D eigenvalue weighted by Gasteiger charge is 2.09. The molecule has 0 saturated heterocycles. The van der Waals surface area contributed by atoms with Crippen molar-refractivity contribution in [3.05, 3.63) is 59.9 Å². The van der Waals surface area contributed by atoms with Gasteiger partial charge in [0.15, 0.2) is 0 Å². The van der Waals surface area contributed by atoms with Crippen molar-refractivity contribution in [1.29, 1.82) is 0 Å². The van der Waals surface area contributed by atoms with Gasteiger partial charge in [0.05, 0.1) is 7.11 Å². The van der Waals surface area contributed by atoms with E-state index in [1.54, 1.807) is 19.3 Å². The number of ether oxygens (including phenoxy) is 1. The Morgan fingerprint density at radius 3 is 2.70 bits per heavy atom. The molecular weight excluding hydrogens is 292 g/mol. The molecule has 0 atom stereocenters. The predicted molar refractivity (Wildman–Crippen MR) is 89.6 cm³/mol. The highest BCUT2D eigenvalue weighted by molar-refractivity contribution is 5.92. The van der Waals surface area contributed by atoms with Crippen LogP contribution in [0.1, 0.15) is 21.7 Å². The van der Waals surface area contributed by atoms with Crippen LogP contribution < -0.4 is 15.4 Å². The summed E-state index contributed by atoms with van der Waals surface area (Å²) in [5.41, 5.74) is 2.12. The van der Waals surface area contributed by atoms with Crippen molar-refractivity contribution in [1.82, 2.24) is 15.3 Å². The number of nitrogens with zero attached hydrogens (tertiary/aromatic N) is 2. The smallest absolute Gasteiger partial charge is 0.270 e. The number of anilines is 1. The van der Waals surface area contributed by atoms with E-state index < -0.39 is 0 Å². The third-order valence-electron chi connectivity index (χ3n) is 3.10. The molecule has 0 aliphatic heterocycles. The molecule has 0 spiro atoms. The van der Waals surface area contributed by atoms with Crippen LogP contribution in [0.5, 0.6) is 5.75 Å². The van der Waals surface area contributed by atoms with Gasteiger partial charge >= 0.3 is 0 Å².